The molecule has 170 valence electrons. The summed E-state index contributed by atoms with van der Waals surface area (Å²) in [6.45, 7) is 6.88. The van der Waals surface area contributed by atoms with Crippen LogP contribution in [-0.4, -0.2) is 25.8 Å². The van der Waals surface area contributed by atoms with Crippen LogP contribution in [0.2, 0.25) is 0 Å². The Bertz CT molecular complexity index is 394. The summed E-state index contributed by atoms with van der Waals surface area (Å²) in [6.07, 6.45) is 20.4. The van der Waals surface area contributed by atoms with Gasteiger partial charge in [0.1, 0.15) is 0 Å². The Balaban J connectivity index is 3.21. The van der Waals surface area contributed by atoms with E-state index >= 15 is 0 Å². The molecule has 0 fully saturated rings. The fourth-order valence-electron chi connectivity index (χ4n) is 3.14. The molecular formula is C26H48O3. The molecule has 0 aromatic rings. The van der Waals surface area contributed by atoms with Crippen molar-refractivity contribution in [1.82, 2.24) is 0 Å². The van der Waals surface area contributed by atoms with Gasteiger partial charge >= 0.3 is 5.97 Å². The zero-order chi connectivity index (χ0) is 21.3. The molecule has 0 rings (SSSR count). The van der Waals surface area contributed by atoms with E-state index in [-0.39, 0.29) is 5.97 Å². The number of hydrogen-bond donors (Lipinski definition) is 0. The van der Waals surface area contributed by atoms with Crippen LogP contribution in [0.15, 0.2) is 0 Å². The summed E-state index contributed by atoms with van der Waals surface area (Å²) >= 11 is 0. The Morgan fingerprint density at radius 2 is 1.07 bits per heavy atom. The zero-order valence-corrected chi connectivity index (χ0v) is 19.6. The average Bonchev–Trinajstić information content (AvgIpc) is 2.72. The monoisotopic (exact) mass is 408 g/mol. The normalized spacial score (nSPS) is 10.6. The number of unbranched alkanes of at least 4 members (excludes halogenated alkanes) is 13. The van der Waals surface area contributed by atoms with Gasteiger partial charge in [-0.25, -0.2) is 0 Å². The topological polar surface area (TPSA) is 35.5 Å². The highest BCUT2D eigenvalue weighted by molar-refractivity contribution is 5.69. The highest BCUT2D eigenvalue weighted by Gasteiger charge is 2.01. The summed E-state index contributed by atoms with van der Waals surface area (Å²) in [6, 6.07) is 0. The fourth-order valence-corrected chi connectivity index (χ4v) is 3.14. The highest BCUT2D eigenvalue weighted by Crippen LogP contribution is 2.08. The SMILES string of the molecule is CCCCCCOCCCCCCCCC#CCCCC(=O)OCCCCCC. The molecule has 0 radical (unpaired) electrons. The molecule has 0 saturated carbocycles. The van der Waals surface area contributed by atoms with Gasteiger partial charge < -0.3 is 9.47 Å². The molecule has 0 amide bonds. The molecule has 3 nitrogen and oxygen atoms in total. The Hall–Kier alpha value is -1.01. The van der Waals surface area contributed by atoms with E-state index < -0.39 is 0 Å². The number of rotatable bonds is 21. The van der Waals surface area contributed by atoms with Crippen molar-refractivity contribution in [2.75, 3.05) is 19.8 Å². The van der Waals surface area contributed by atoms with Crippen LogP contribution in [0.4, 0.5) is 0 Å². The molecule has 0 heterocycles. The minimum absolute atomic E-state index is 0.0646. The Labute approximate surface area is 181 Å². The highest BCUT2D eigenvalue weighted by atomic mass is 16.5. The Kier molecular flexibility index (Phi) is 24.2. The summed E-state index contributed by atoms with van der Waals surface area (Å²) in [5.74, 6) is 6.37. The second kappa shape index (κ2) is 25.0. The summed E-state index contributed by atoms with van der Waals surface area (Å²) in [5, 5.41) is 0. The molecule has 0 bridgehead atoms. The standard InChI is InChI=1S/C26H48O3/c1-3-5-7-19-23-28-24-20-17-15-13-11-9-10-12-14-16-18-22-26(27)29-25-21-8-6-4-2/h3-11,13,15-25H2,1-2H3. The van der Waals surface area contributed by atoms with E-state index in [1.807, 2.05) is 0 Å². The second-order valence-corrected chi connectivity index (χ2v) is 8.03. The van der Waals surface area contributed by atoms with Gasteiger partial charge in [0.2, 0.25) is 0 Å². The van der Waals surface area contributed by atoms with Gasteiger partial charge in [0, 0.05) is 32.5 Å². The van der Waals surface area contributed by atoms with Crippen molar-refractivity contribution in [2.24, 2.45) is 0 Å². The lowest BCUT2D eigenvalue weighted by molar-refractivity contribution is -0.143. The predicted molar refractivity (Wildman–Crippen MR) is 124 cm³/mol. The van der Waals surface area contributed by atoms with Crippen LogP contribution in [0.3, 0.4) is 0 Å². The average molecular weight is 409 g/mol. The van der Waals surface area contributed by atoms with Gasteiger partial charge in [0.05, 0.1) is 6.61 Å². The van der Waals surface area contributed by atoms with Crippen LogP contribution in [0.5, 0.6) is 0 Å². The van der Waals surface area contributed by atoms with Crippen molar-refractivity contribution in [1.29, 1.82) is 0 Å². The number of carbonyl (C=O) groups excluding carboxylic acids is 1. The van der Waals surface area contributed by atoms with Crippen LogP contribution in [0.1, 0.15) is 129 Å². The first kappa shape index (κ1) is 28.0. The Morgan fingerprint density at radius 1 is 0.586 bits per heavy atom. The van der Waals surface area contributed by atoms with Crippen molar-refractivity contribution in [3.05, 3.63) is 0 Å². The number of hydrogen-bond acceptors (Lipinski definition) is 3. The van der Waals surface area contributed by atoms with Gasteiger partial charge in [-0.1, -0.05) is 78.1 Å². The van der Waals surface area contributed by atoms with Crippen molar-refractivity contribution in [3.63, 3.8) is 0 Å². The van der Waals surface area contributed by atoms with E-state index in [4.69, 9.17) is 9.47 Å². The lowest BCUT2D eigenvalue weighted by Crippen LogP contribution is -2.05. The maximum atomic E-state index is 11.6. The predicted octanol–water partition coefficient (Wildman–Crippen LogP) is 7.61. The van der Waals surface area contributed by atoms with Gasteiger partial charge in [0.15, 0.2) is 0 Å². The number of ether oxygens (including phenoxy) is 2. The number of carbonyl (C=O) groups is 1. The summed E-state index contributed by atoms with van der Waals surface area (Å²) in [5.41, 5.74) is 0. The van der Waals surface area contributed by atoms with Crippen molar-refractivity contribution >= 4 is 5.97 Å². The van der Waals surface area contributed by atoms with Gasteiger partial charge in [-0.05, 0) is 32.1 Å². The maximum absolute atomic E-state index is 11.6. The molecule has 0 aliphatic rings. The largest absolute Gasteiger partial charge is 0.466 e. The molecule has 0 spiro atoms. The van der Waals surface area contributed by atoms with Gasteiger partial charge in [0.25, 0.3) is 0 Å². The van der Waals surface area contributed by atoms with Crippen LogP contribution in [-0.2, 0) is 14.3 Å². The first-order valence-electron chi connectivity index (χ1n) is 12.5. The second-order valence-electron chi connectivity index (χ2n) is 8.03. The molecular weight excluding hydrogens is 360 g/mol. The summed E-state index contributed by atoms with van der Waals surface area (Å²) in [7, 11) is 0. The van der Waals surface area contributed by atoms with Gasteiger partial charge in [-0.15, -0.1) is 11.8 Å². The summed E-state index contributed by atoms with van der Waals surface area (Å²) < 4.78 is 10.9. The van der Waals surface area contributed by atoms with E-state index in [0.717, 1.165) is 45.3 Å². The lowest BCUT2D eigenvalue weighted by atomic mass is 10.1. The number of esters is 1. The van der Waals surface area contributed by atoms with Crippen molar-refractivity contribution < 1.29 is 14.3 Å². The van der Waals surface area contributed by atoms with E-state index in [1.54, 1.807) is 0 Å². The van der Waals surface area contributed by atoms with Crippen LogP contribution < -0.4 is 0 Å². The van der Waals surface area contributed by atoms with E-state index in [2.05, 4.69) is 25.7 Å². The Morgan fingerprint density at radius 3 is 1.69 bits per heavy atom. The van der Waals surface area contributed by atoms with Crippen LogP contribution in [0.25, 0.3) is 0 Å². The first-order chi connectivity index (χ1) is 14.3. The smallest absolute Gasteiger partial charge is 0.305 e. The molecule has 29 heavy (non-hydrogen) atoms. The quantitative estimate of drug-likeness (QED) is 0.111. The molecule has 0 aliphatic carbocycles. The van der Waals surface area contributed by atoms with Gasteiger partial charge in [-0.3, -0.25) is 4.79 Å². The fraction of sp³-hybridized carbons (Fsp3) is 0.885. The lowest BCUT2D eigenvalue weighted by Gasteiger charge is -2.04. The first-order valence-corrected chi connectivity index (χ1v) is 12.5. The van der Waals surface area contributed by atoms with Crippen LogP contribution >= 0.6 is 0 Å². The van der Waals surface area contributed by atoms with E-state index in [0.29, 0.717) is 13.0 Å². The molecule has 3 heteroatoms. The van der Waals surface area contributed by atoms with Gasteiger partial charge in [-0.2, -0.15) is 0 Å². The third kappa shape index (κ3) is 25.0. The molecule has 0 aromatic carbocycles. The van der Waals surface area contributed by atoms with E-state index in [9.17, 15) is 4.79 Å². The third-order valence-electron chi connectivity index (χ3n) is 5.05. The molecule has 0 unspecified atom stereocenters. The van der Waals surface area contributed by atoms with Crippen LogP contribution in [0, 0.1) is 11.8 Å². The molecule has 0 saturated heterocycles. The molecule has 0 aliphatic heterocycles. The molecule has 0 atom stereocenters. The summed E-state index contributed by atoms with van der Waals surface area (Å²) in [4.78, 5) is 11.6. The third-order valence-corrected chi connectivity index (χ3v) is 5.05. The van der Waals surface area contributed by atoms with E-state index in [1.165, 1.54) is 77.0 Å². The maximum Gasteiger partial charge on any atom is 0.305 e. The minimum Gasteiger partial charge on any atom is -0.466 e. The minimum atomic E-state index is -0.0646. The molecule has 0 aromatic heterocycles. The molecule has 0 N–H and O–H groups in total. The van der Waals surface area contributed by atoms with Crippen molar-refractivity contribution in [2.45, 2.75) is 129 Å². The van der Waals surface area contributed by atoms with Crippen molar-refractivity contribution in [3.8, 4) is 11.8 Å². The zero-order valence-electron chi connectivity index (χ0n) is 19.6.